The van der Waals surface area contributed by atoms with Gasteiger partial charge in [0.1, 0.15) is 5.60 Å². The molecule has 2 aromatic carbocycles. The summed E-state index contributed by atoms with van der Waals surface area (Å²) in [6.07, 6.45) is 0. The van der Waals surface area contributed by atoms with Crippen LogP contribution in [0.1, 0.15) is 31.9 Å². The highest BCUT2D eigenvalue weighted by Crippen LogP contribution is 2.45. The molecule has 116 valence electrons. The summed E-state index contributed by atoms with van der Waals surface area (Å²) in [5.41, 5.74) is -1.04. The van der Waals surface area contributed by atoms with Crippen LogP contribution < -0.4 is 0 Å². The van der Waals surface area contributed by atoms with Gasteiger partial charge in [-0.05, 0) is 16.5 Å². The molecule has 3 nitrogen and oxygen atoms in total. The fourth-order valence-corrected chi connectivity index (χ4v) is 3.06. The smallest absolute Gasteiger partial charge is 0.310 e. The molecule has 0 amide bonds. The number of aliphatic hydroxyl groups is 1. The number of carboxylic acids is 1. The molecule has 2 aromatic rings. The Morgan fingerprint density at radius 1 is 0.864 bits per heavy atom. The summed E-state index contributed by atoms with van der Waals surface area (Å²) in [4.78, 5) is 12.0. The van der Waals surface area contributed by atoms with Crippen LogP contribution in [0.5, 0.6) is 0 Å². The quantitative estimate of drug-likeness (QED) is 0.905. The van der Waals surface area contributed by atoms with E-state index in [4.69, 9.17) is 0 Å². The fraction of sp³-hybridized carbons (Fsp3) is 0.316. The van der Waals surface area contributed by atoms with Crippen molar-refractivity contribution in [2.75, 3.05) is 0 Å². The summed E-state index contributed by atoms with van der Waals surface area (Å²) in [6.45, 7) is 5.51. The first kappa shape index (κ1) is 16.2. The van der Waals surface area contributed by atoms with Gasteiger partial charge >= 0.3 is 5.97 Å². The van der Waals surface area contributed by atoms with Gasteiger partial charge in [0.25, 0.3) is 0 Å². The lowest BCUT2D eigenvalue weighted by molar-refractivity contribution is -0.158. The third-order valence-electron chi connectivity index (χ3n) is 3.96. The number of hydrogen-bond acceptors (Lipinski definition) is 2. The van der Waals surface area contributed by atoms with Gasteiger partial charge in [-0.15, -0.1) is 0 Å². The highest BCUT2D eigenvalue weighted by Gasteiger charge is 2.50. The van der Waals surface area contributed by atoms with Crippen LogP contribution in [0.3, 0.4) is 0 Å². The van der Waals surface area contributed by atoms with E-state index in [1.165, 1.54) is 0 Å². The van der Waals surface area contributed by atoms with Crippen molar-refractivity contribution in [3.8, 4) is 0 Å². The monoisotopic (exact) mass is 298 g/mol. The second-order valence-corrected chi connectivity index (χ2v) is 6.64. The summed E-state index contributed by atoms with van der Waals surface area (Å²) in [7, 11) is 0. The molecule has 0 bridgehead atoms. The van der Waals surface area contributed by atoms with Gasteiger partial charge in [-0.2, -0.15) is 0 Å². The predicted molar refractivity (Wildman–Crippen MR) is 86.5 cm³/mol. The minimum absolute atomic E-state index is 0.587. The largest absolute Gasteiger partial charge is 0.481 e. The van der Waals surface area contributed by atoms with Crippen LogP contribution in [-0.2, 0) is 10.4 Å². The Labute approximate surface area is 131 Å². The van der Waals surface area contributed by atoms with E-state index in [2.05, 4.69) is 0 Å². The van der Waals surface area contributed by atoms with Crippen molar-refractivity contribution in [3.63, 3.8) is 0 Å². The molecule has 0 radical (unpaired) electrons. The van der Waals surface area contributed by atoms with E-state index in [0.717, 1.165) is 0 Å². The Kier molecular flexibility index (Phi) is 4.38. The molecule has 0 fully saturated rings. The molecule has 1 atom stereocenters. The van der Waals surface area contributed by atoms with E-state index in [0.29, 0.717) is 11.1 Å². The van der Waals surface area contributed by atoms with Gasteiger partial charge in [0, 0.05) is 0 Å². The Hall–Kier alpha value is -2.13. The normalized spacial score (nSPS) is 13.6. The van der Waals surface area contributed by atoms with Crippen LogP contribution in [0.4, 0.5) is 0 Å². The molecule has 2 N–H and O–H groups in total. The van der Waals surface area contributed by atoms with Gasteiger partial charge in [0.2, 0.25) is 0 Å². The number of aliphatic carboxylic acids is 1. The first-order valence-electron chi connectivity index (χ1n) is 7.34. The molecule has 0 aliphatic carbocycles. The molecule has 0 aliphatic rings. The fourth-order valence-electron chi connectivity index (χ4n) is 3.06. The number of rotatable bonds is 4. The molecule has 2 rings (SSSR count). The lowest BCUT2D eigenvalue weighted by Gasteiger charge is -2.41. The van der Waals surface area contributed by atoms with Crippen LogP contribution in [0.2, 0.25) is 0 Å². The van der Waals surface area contributed by atoms with Crippen molar-refractivity contribution in [1.29, 1.82) is 0 Å². The zero-order valence-electron chi connectivity index (χ0n) is 13.2. The van der Waals surface area contributed by atoms with Crippen molar-refractivity contribution in [1.82, 2.24) is 0 Å². The molecular weight excluding hydrogens is 276 g/mol. The molecule has 0 heterocycles. The zero-order chi connectivity index (χ0) is 16.4. The Morgan fingerprint density at radius 2 is 1.23 bits per heavy atom. The number of carboxylic acid groups (broad SMARTS) is 1. The van der Waals surface area contributed by atoms with E-state index in [1.54, 1.807) is 24.3 Å². The van der Waals surface area contributed by atoms with E-state index in [-0.39, 0.29) is 0 Å². The number of benzene rings is 2. The van der Waals surface area contributed by atoms with Crippen molar-refractivity contribution in [2.24, 2.45) is 11.3 Å². The molecule has 0 spiro atoms. The van der Waals surface area contributed by atoms with Gasteiger partial charge in [0.05, 0.1) is 5.92 Å². The van der Waals surface area contributed by atoms with Gasteiger partial charge in [-0.1, -0.05) is 81.4 Å². The molecule has 0 saturated heterocycles. The number of hydrogen-bond donors (Lipinski definition) is 2. The molecule has 3 heteroatoms. The molecule has 22 heavy (non-hydrogen) atoms. The molecule has 0 aliphatic heterocycles. The Bertz CT molecular complexity index is 587. The average Bonchev–Trinajstić information content (AvgIpc) is 2.47. The van der Waals surface area contributed by atoms with Crippen LogP contribution in [-0.4, -0.2) is 16.2 Å². The average molecular weight is 298 g/mol. The Morgan fingerprint density at radius 3 is 1.50 bits per heavy atom. The maximum Gasteiger partial charge on any atom is 0.310 e. The zero-order valence-corrected chi connectivity index (χ0v) is 13.2. The standard InChI is InChI=1S/C19H22O3/c1-18(2,3)16(17(20)21)19(22,14-10-6-4-7-11-14)15-12-8-5-9-13-15/h4-13,16,22H,1-3H3,(H,20,21)/t16-/m0/s1. The SMILES string of the molecule is CC(C)(C)[C@H](C(=O)O)C(O)(c1ccccc1)c1ccccc1. The van der Waals surface area contributed by atoms with Gasteiger partial charge in [-0.25, -0.2) is 0 Å². The summed E-state index contributed by atoms with van der Waals surface area (Å²) in [5, 5.41) is 21.3. The first-order valence-corrected chi connectivity index (χ1v) is 7.34. The van der Waals surface area contributed by atoms with Gasteiger partial charge in [-0.3, -0.25) is 4.79 Å². The molecular formula is C19H22O3. The summed E-state index contributed by atoms with van der Waals surface area (Å²) < 4.78 is 0. The minimum Gasteiger partial charge on any atom is -0.481 e. The van der Waals surface area contributed by atoms with Crippen molar-refractivity contribution < 1.29 is 15.0 Å². The highest BCUT2D eigenvalue weighted by atomic mass is 16.4. The molecule has 0 aromatic heterocycles. The topological polar surface area (TPSA) is 57.5 Å². The van der Waals surface area contributed by atoms with Gasteiger partial charge < -0.3 is 10.2 Å². The third kappa shape index (κ3) is 2.90. The van der Waals surface area contributed by atoms with E-state index in [1.807, 2.05) is 57.2 Å². The van der Waals surface area contributed by atoms with Crippen molar-refractivity contribution in [3.05, 3.63) is 71.8 Å². The lowest BCUT2D eigenvalue weighted by Crippen LogP contribution is -2.47. The summed E-state index contributed by atoms with van der Waals surface area (Å²) in [6, 6.07) is 18.0. The Balaban J connectivity index is 2.73. The maximum absolute atomic E-state index is 12.0. The molecule has 0 saturated carbocycles. The molecule has 0 unspecified atom stereocenters. The van der Waals surface area contributed by atoms with E-state index in [9.17, 15) is 15.0 Å². The van der Waals surface area contributed by atoms with Crippen molar-refractivity contribution in [2.45, 2.75) is 26.4 Å². The maximum atomic E-state index is 12.0. The van der Waals surface area contributed by atoms with Gasteiger partial charge in [0.15, 0.2) is 0 Å². The van der Waals surface area contributed by atoms with E-state index >= 15 is 0 Å². The number of carbonyl (C=O) groups is 1. The van der Waals surface area contributed by atoms with Crippen LogP contribution in [0, 0.1) is 11.3 Å². The minimum atomic E-state index is -1.59. The summed E-state index contributed by atoms with van der Waals surface area (Å²) in [5.74, 6) is -1.99. The van der Waals surface area contributed by atoms with Crippen molar-refractivity contribution >= 4 is 5.97 Å². The second-order valence-electron chi connectivity index (χ2n) is 6.64. The first-order chi connectivity index (χ1) is 10.3. The van der Waals surface area contributed by atoms with Crippen LogP contribution in [0.25, 0.3) is 0 Å². The highest BCUT2D eigenvalue weighted by molar-refractivity contribution is 5.74. The van der Waals surface area contributed by atoms with Crippen LogP contribution in [0.15, 0.2) is 60.7 Å². The predicted octanol–water partition coefficient (Wildman–Crippen LogP) is 3.67. The second kappa shape index (κ2) is 5.93. The van der Waals surface area contributed by atoms with Crippen LogP contribution >= 0.6 is 0 Å². The van der Waals surface area contributed by atoms with E-state index < -0.39 is 22.9 Å². The lowest BCUT2D eigenvalue weighted by atomic mass is 9.65. The summed E-state index contributed by atoms with van der Waals surface area (Å²) >= 11 is 0. The third-order valence-corrected chi connectivity index (χ3v) is 3.96.